The van der Waals surface area contributed by atoms with Crippen LogP contribution in [0, 0.1) is 0 Å². The zero-order valence-corrected chi connectivity index (χ0v) is 16.5. The summed E-state index contributed by atoms with van der Waals surface area (Å²) < 4.78 is 0. The molecule has 0 aliphatic carbocycles. The number of aromatic nitrogens is 3. The van der Waals surface area contributed by atoms with Crippen LogP contribution in [0.25, 0.3) is 11.4 Å². The molecular formula is C20H21N5O2S. The van der Waals surface area contributed by atoms with Crippen LogP contribution in [-0.4, -0.2) is 39.8 Å². The topological polar surface area (TPSA) is 99.8 Å². The average molecular weight is 395 g/mol. The van der Waals surface area contributed by atoms with Gasteiger partial charge in [-0.15, -0.1) is 5.10 Å². The van der Waals surface area contributed by atoms with Crippen molar-refractivity contribution in [1.82, 2.24) is 20.5 Å². The molecule has 0 saturated carbocycles. The molecule has 0 aliphatic heterocycles. The van der Waals surface area contributed by atoms with Crippen LogP contribution < -0.4 is 10.6 Å². The number of rotatable bonds is 7. The van der Waals surface area contributed by atoms with E-state index in [4.69, 9.17) is 0 Å². The number of hydrogen-bond donors (Lipinski definition) is 3. The second kappa shape index (κ2) is 9.18. The molecule has 3 rings (SSSR count). The maximum Gasteiger partial charge on any atom is 0.251 e. The second-order valence-corrected chi connectivity index (χ2v) is 6.96. The predicted octanol–water partition coefficient (Wildman–Crippen LogP) is 3.12. The van der Waals surface area contributed by atoms with E-state index in [9.17, 15) is 9.59 Å². The van der Waals surface area contributed by atoms with E-state index in [0.29, 0.717) is 22.2 Å². The average Bonchev–Trinajstić information content (AvgIpc) is 3.21. The molecule has 0 spiro atoms. The summed E-state index contributed by atoms with van der Waals surface area (Å²) >= 11 is 1.24. The van der Waals surface area contributed by atoms with Gasteiger partial charge in [0.05, 0.1) is 5.75 Å². The van der Waals surface area contributed by atoms with Gasteiger partial charge in [0.25, 0.3) is 5.91 Å². The van der Waals surface area contributed by atoms with E-state index >= 15 is 0 Å². The number of amides is 2. The van der Waals surface area contributed by atoms with Crippen LogP contribution in [0.4, 0.5) is 5.69 Å². The highest BCUT2D eigenvalue weighted by atomic mass is 32.2. The lowest BCUT2D eigenvalue weighted by atomic mass is 10.1. The number of nitrogens with zero attached hydrogens (tertiary/aromatic N) is 2. The zero-order valence-electron chi connectivity index (χ0n) is 15.7. The fourth-order valence-electron chi connectivity index (χ4n) is 2.55. The Hall–Kier alpha value is -3.13. The normalized spacial score (nSPS) is 10.5. The van der Waals surface area contributed by atoms with Gasteiger partial charge in [-0.05, 0) is 30.2 Å². The molecule has 2 aromatic carbocycles. The van der Waals surface area contributed by atoms with E-state index in [-0.39, 0.29) is 17.6 Å². The molecule has 0 bridgehead atoms. The lowest BCUT2D eigenvalue weighted by molar-refractivity contribution is -0.113. The Morgan fingerprint density at radius 2 is 1.93 bits per heavy atom. The number of aryl methyl sites for hydroxylation is 1. The number of hydrogen-bond acceptors (Lipinski definition) is 5. The monoisotopic (exact) mass is 395 g/mol. The van der Waals surface area contributed by atoms with Gasteiger partial charge in [-0.3, -0.25) is 14.7 Å². The molecule has 8 heteroatoms. The summed E-state index contributed by atoms with van der Waals surface area (Å²) in [5.41, 5.74) is 3.26. The highest BCUT2D eigenvalue weighted by Gasteiger charge is 2.10. The largest absolute Gasteiger partial charge is 0.355 e. The third kappa shape index (κ3) is 4.98. The van der Waals surface area contributed by atoms with Gasteiger partial charge < -0.3 is 10.6 Å². The van der Waals surface area contributed by atoms with Gasteiger partial charge in [0, 0.05) is 23.9 Å². The van der Waals surface area contributed by atoms with Gasteiger partial charge in [-0.2, -0.15) is 0 Å². The van der Waals surface area contributed by atoms with Gasteiger partial charge >= 0.3 is 0 Å². The third-order valence-corrected chi connectivity index (χ3v) is 4.92. The number of nitrogens with one attached hydrogen (secondary N) is 3. The molecule has 7 nitrogen and oxygen atoms in total. The van der Waals surface area contributed by atoms with Crippen LogP contribution in [0.2, 0.25) is 0 Å². The van der Waals surface area contributed by atoms with Gasteiger partial charge in [-0.25, -0.2) is 4.98 Å². The van der Waals surface area contributed by atoms with Crippen LogP contribution >= 0.6 is 11.8 Å². The SMILES string of the molecule is CCc1ccc(-c2nc(SCC(=O)Nc3cccc(C(=O)NC)c3)n[nH]2)cc1. The first kappa shape index (κ1) is 19.6. The summed E-state index contributed by atoms with van der Waals surface area (Å²) in [6.45, 7) is 2.11. The first-order valence-corrected chi connectivity index (χ1v) is 9.84. The van der Waals surface area contributed by atoms with Crippen LogP contribution in [0.5, 0.6) is 0 Å². The molecule has 0 unspecified atom stereocenters. The summed E-state index contributed by atoms with van der Waals surface area (Å²) in [6, 6.07) is 14.9. The molecule has 28 heavy (non-hydrogen) atoms. The maximum absolute atomic E-state index is 12.2. The van der Waals surface area contributed by atoms with Crippen molar-refractivity contribution in [2.75, 3.05) is 18.1 Å². The van der Waals surface area contributed by atoms with Crippen molar-refractivity contribution < 1.29 is 9.59 Å². The Balaban J connectivity index is 1.56. The highest BCUT2D eigenvalue weighted by molar-refractivity contribution is 7.99. The van der Waals surface area contributed by atoms with E-state index in [1.54, 1.807) is 31.3 Å². The van der Waals surface area contributed by atoms with Gasteiger partial charge in [-0.1, -0.05) is 49.0 Å². The summed E-state index contributed by atoms with van der Waals surface area (Å²) in [5, 5.41) is 12.9. The number of carbonyl (C=O) groups excluding carboxylic acids is 2. The van der Waals surface area contributed by atoms with Crippen molar-refractivity contribution in [2.24, 2.45) is 0 Å². The number of aromatic amines is 1. The Morgan fingerprint density at radius 1 is 1.14 bits per heavy atom. The molecule has 1 heterocycles. The number of benzene rings is 2. The molecular weight excluding hydrogens is 374 g/mol. The Labute approximate surface area is 167 Å². The fraction of sp³-hybridized carbons (Fsp3) is 0.200. The van der Waals surface area contributed by atoms with Crippen LogP contribution in [0.3, 0.4) is 0 Å². The van der Waals surface area contributed by atoms with E-state index < -0.39 is 0 Å². The van der Waals surface area contributed by atoms with E-state index in [1.165, 1.54) is 17.3 Å². The molecule has 0 aliphatic rings. The van der Waals surface area contributed by atoms with Gasteiger partial charge in [0.15, 0.2) is 5.82 Å². The lowest BCUT2D eigenvalue weighted by Crippen LogP contribution is -2.19. The van der Waals surface area contributed by atoms with Crippen molar-refractivity contribution >= 4 is 29.3 Å². The van der Waals surface area contributed by atoms with Crippen LogP contribution in [-0.2, 0) is 11.2 Å². The zero-order chi connectivity index (χ0) is 19.9. The number of H-pyrrole nitrogens is 1. The van der Waals surface area contributed by atoms with Gasteiger partial charge in [0.1, 0.15) is 0 Å². The van der Waals surface area contributed by atoms with Crippen LogP contribution in [0.1, 0.15) is 22.8 Å². The maximum atomic E-state index is 12.2. The Kier molecular flexibility index (Phi) is 6.44. The van der Waals surface area contributed by atoms with Crippen molar-refractivity contribution in [2.45, 2.75) is 18.5 Å². The van der Waals surface area contributed by atoms with Crippen molar-refractivity contribution in [3.63, 3.8) is 0 Å². The standard InChI is InChI=1S/C20H21N5O2S/c1-3-13-7-9-14(10-8-13)18-23-20(25-24-18)28-12-17(26)22-16-6-4-5-15(11-16)19(27)21-2/h4-11H,3,12H2,1-2H3,(H,21,27)(H,22,26)(H,23,24,25). The molecule has 1 aromatic heterocycles. The minimum atomic E-state index is -0.203. The molecule has 0 radical (unpaired) electrons. The van der Waals surface area contributed by atoms with E-state index in [2.05, 4.69) is 44.9 Å². The quantitative estimate of drug-likeness (QED) is 0.534. The molecule has 0 fully saturated rings. The molecule has 0 atom stereocenters. The summed E-state index contributed by atoms with van der Waals surface area (Å²) in [5.74, 6) is 0.434. The number of carbonyl (C=O) groups is 2. The predicted molar refractivity (Wildman–Crippen MR) is 110 cm³/mol. The minimum Gasteiger partial charge on any atom is -0.355 e. The molecule has 2 amide bonds. The molecule has 3 N–H and O–H groups in total. The lowest BCUT2D eigenvalue weighted by Gasteiger charge is -2.06. The van der Waals surface area contributed by atoms with Crippen LogP contribution in [0.15, 0.2) is 53.7 Å². The molecule has 0 saturated heterocycles. The Morgan fingerprint density at radius 3 is 2.64 bits per heavy atom. The summed E-state index contributed by atoms with van der Waals surface area (Å²) in [7, 11) is 1.56. The van der Waals surface area contributed by atoms with E-state index in [1.807, 2.05) is 12.1 Å². The van der Waals surface area contributed by atoms with E-state index in [0.717, 1.165) is 12.0 Å². The second-order valence-electron chi connectivity index (χ2n) is 6.01. The molecule has 144 valence electrons. The first-order chi connectivity index (χ1) is 13.6. The Bertz CT molecular complexity index is 969. The smallest absolute Gasteiger partial charge is 0.251 e. The highest BCUT2D eigenvalue weighted by Crippen LogP contribution is 2.20. The number of anilines is 1. The van der Waals surface area contributed by atoms with Crippen molar-refractivity contribution in [3.05, 3.63) is 59.7 Å². The van der Waals surface area contributed by atoms with Crippen molar-refractivity contribution in [3.8, 4) is 11.4 Å². The third-order valence-electron chi connectivity index (χ3n) is 4.07. The van der Waals surface area contributed by atoms with Gasteiger partial charge in [0.2, 0.25) is 11.1 Å². The summed E-state index contributed by atoms with van der Waals surface area (Å²) in [6.07, 6.45) is 0.985. The molecule has 3 aromatic rings. The van der Waals surface area contributed by atoms with Crippen molar-refractivity contribution in [1.29, 1.82) is 0 Å². The fourth-order valence-corrected chi connectivity index (χ4v) is 3.15. The first-order valence-electron chi connectivity index (χ1n) is 8.85. The summed E-state index contributed by atoms with van der Waals surface area (Å²) in [4.78, 5) is 28.3. The number of thioether (sulfide) groups is 1. The minimum absolute atomic E-state index is 0.163.